The van der Waals surface area contributed by atoms with E-state index in [1.807, 2.05) is 30.3 Å². The molecule has 7 heteroatoms. The van der Waals surface area contributed by atoms with Crippen LogP contribution in [0.3, 0.4) is 0 Å². The zero-order chi connectivity index (χ0) is 24.0. The van der Waals surface area contributed by atoms with E-state index in [9.17, 15) is 4.79 Å². The van der Waals surface area contributed by atoms with E-state index in [0.717, 1.165) is 55.3 Å². The highest BCUT2D eigenvalue weighted by Crippen LogP contribution is 2.31. The summed E-state index contributed by atoms with van der Waals surface area (Å²) in [5.41, 5.74) is 3.42. The van der Waals surface area contributed by atoms with Crippen LogP contribution in [-0.2, 0) is 11.3 Å². The number of amides is 1. The van der Waals surface area contributed by atoms with Gasteiger partial charge in [0.15, 0.2) is 0 Å². The molecule has 1 unspecified atom stereocenters. The Kier molecular flexibility index (Phi) is 7.16. The Bertz CT molecular complexity index is 1220. The molecular formula is C28H32N4O3. The average Bonchev–Trinajstić information content (AvgIpc) is 3.56. The number of ether oxygens (including phenoxy) is 1. The van der Waals surface area contributed by atoms with Gasteiger partial charge in [0.25, 0.3) is 0 Å². The van der Waals surface area contributed by atoms with Gasteiger partial charge in [-0.25, -0.2) is 0 Å². The van der Waals surface area contributed by atoms with E-state index in [2.05, 4.69) is 56.6 Å². The van der Waals surface area contributed by atoms with Crippen LogP contribution < -0.4 is 10.1 Å². The Balaban J connectivity index is 1.21. The summed E-state index contributed by atoms with van der Waals surface area (Å²) in [5.74, 6) is 1.90. The third-order valence-corrected chi connectivity index (χ3v) is 6.81. The Morgan fingerprint density at radius 1 is 1.03 bits per heavy atom. The summed E-state index contributed by atoms with van der Waals surface area (Å²) in [5, 5.41) is 4.38. The number of fused-ring (bicyclic) bond motifs is 1. The Hall–Kier alpha value is -3.55. The standard InChI is InChI=1S/C28H32N4O3/c1-34-22-10-8-21(9-11-22)25(26-18-29-27-7-3-2-6-24(26)27)17-30-28(33)20-32-14-12-31(13-15-32)19-23-5-4-16-35-23/h2-11,16,18,25,29H,12-15,17,19-20H2,1H3,(H,30,33). The molecule has 2 aromatic heterocycles. The van der Waals surface area contributed by atoms with E-state index in [4.69, 9.17) is 9.15 Å². The molecule has 3 heterocycles. The Labute approximate surface area is 205 Å². The van der Waals surface area contributed by atoms with E-state index in [1.165, 1.54) is 10.9 Å². The van der Waals surface area contributed by atoms with Gasteiger partial charge in [0, 0.05) is 55.7 Å². The smallest absolute Gasteiger partial charge is 0.234 e. The van der Waals surface area contributed by atoms with Gasteiger partial charge in [-0.05, 0) is 41.5 Å². The summed E-state index contributed by atoms with van der Waals surface area (Å²) in [6.07, 6.45) is 3.77. The summed E-state index contributed by atoms with van der Waals surface area (Å²) < 4.78 is 10.8. The van der Waals surface area contributed by atoms with E-state index in [1.54, 1.807) is 13.4 Å². The van der Waals surface area contributed by atoms with E-state index in [0.29, 0.717) is 13.1 Å². The minimum atomic E-state index is 0.0335. The van der Waals surface area contributed by atoms with Gasteiger partial charge in [-0.15, -0.1) is 0 Å². The predicted octanol–water partition coefficient (Wildman–Crippen LogP) is 3.84. The lowest BCUT2D eigenvalue weighted by molar-refractivity contribution is -0.122. The van der Waals surface area contributed by atoms with Gasteiger partial charge in [0.05, 0.1) is 26.5 Å². The van der Waals surface area contributed by atoms with Gasteiger partial charge in [-0.3, -0.25) is 14.6 Å². The minimum Gasteiger partial charge on any atom is -0.497 e. The topological polar surface area (TPSA) is 73.7 Å². The number of carbonyl (C=O) groups is 1. The van der Waals surface area contributed by atoms with Gasteiger partial charge >= 0.3 is 0 Å². The first-order valence-corrected chi connectivity index (χ1v) is 12.1. The number of furan rings is 1. The number of nitrogens with zero attached hydrogens (tertiary/aromatic N) is 2. The molecule has 1 aliphatic heterocycles. The van der Waals surface area contributed by atoms with Gasteiger partial charge < -0.3 is 19.5 Å². The van der Waals surface area contributed by atoms with E-state index >= 15 is 0 Å². The summed E-state index contributed by atoms with van der Waals surface area (Å²) >= 11 is 0. The van der Waals surface area contributed by atoms with Crippen LogP contribution in [0.2, 0.25) is 0 Å². The van der Waals surface area contributed by atoms with Crippen molar-refractivity contribution in [3.8, 4) is 5.75 Å². The van der Waals surface area contributed by atoms with Crippen molar-refractivity contribution in [3.05, 3.63) is 90.0 Å². The number of aromatic amines is 1. The molecule has 4 aromatic rings. The normalized spacial score (nSPS) is 15.8. The SMILES string of the molecule is COc1ccc(C(CNC(=O)CN2CCN(Cc3ccco3)CC2)c2c[nH]c3ccccc23)cc1. The van der Waals surface area contributed by atoms with Crippen LogP contribution in [0.25, 0.3) is 10.9 Å². The number of hydrogen-bond acceptors (Lipinski definition) is 5. The molecule has 2 N–H and O–H groups in total. The highest BCUT2D eigenvalue weighted by molar-refractivity contribution is 5.84. The lowest BCUT2D eigenvalue weighted by Gasteiger charge is -2.33. The second-order valence-electron chi connectivity index (χ2n) is 9.05. The lowest BCUT2D eigenvalue weighted by atomic mass is 9.90. The number of H-pyrrole nitrogens is 1. The molecule has 0 bridgehead atoms. The lowest BCUT2D eigenvalue weighted by Crippen LogP contribution is -2.49. The number of benzene rings is 2. The summed E-state index contributed by atoms with van der Waals surface area (Å²) in [6, 6.07) is 20.3. The van der Waals surface area contributed by atoms with Crippen molar-refractivity contribution in [2.24, 2.45) is 0 Å². The quantitative estimate of drug-likeness (QED) is 0.387. The van der Waals surface area contributed by atoms with E-state index < -0.39 is 0 Å². The number of para-hydroxylation sites is 1. The summed E-state index contributed by atoms with van der Waals surface area (Å²) in [7, 11) is 1.67. The van der Waals surface area contributed by atoms with Crippen LogP contribution in [0.5, 0.6) is 5.75 Å². The maximum Gasteiger partial charge on any atom is 0.234 e. The maximum absolute atomic E-state index is 12.9. The van der Waals surface area contributed by atoms with Crippen LogP contribution in [0.4, 0.5) is 0 Å². The third kappa shape index (κ3) is 5.58. The molecule has 5 rings (SSSR count). The number of rotatable bonds is 9. The monoisotopic (exact) mass is 472 g/mol. The number of aromatic nitrogens is 1. The molecule has 1 aliphatic rings. The molecule has 1 saturated heterocycles. The number of methoxy groups -OCH3 is 1. The van der Waals surface area contributed by atoms with Crippen molar-refractivity contribution in [2.75, 3.05) is 46.4 Å². The zero-order valence-corrected chi connectivity index (χ0v) is 20.1. The van der Waals surface area contributed by atoms with Crippen LogP contribution in [-0.4, -0.2) is 67.1 Å². The molecule has 0 spiro atoms. The van der Waals surface area contributed by atoms with Gasteiger partial charge in [-0.2, -0.15) is 0 Å². The van der Waals surface area contributed by atoms with Crippen molar-refractivity contribution >= 4 is 16.8 Å². The third-order valence-electron chi connectivity index (χ3n) is 6.81. The molecule has 0 radical (unpaired) electrons. The molecule has 0 aliphatic carbocycles. The first kappa shape index (κ1) is 23.2. The number of carbonyl (C=O) groups excluding carboxylic acids is 1. The Morgan fingerprint density at radius 2 is 1.80 bits per heavy atom. The molecule has 1 amide bonds. The molecule has 0 saturated carbocycles. The largest absolute Gasteiger partial charge is 0.497 e. The fraction of sp³-hybridized carbons (Fsp3) is 0.321. The average molecular weight is 473 g/mol. The van der Waals surface area contributed by atoms with Gasteiger partial charge in [0.1, 0.15) is 11.5 Å². The molecule has 7 nitrogen and oxygen atoms in total. The van der Waals surface area contributed by atoms with Crippen molar-refractivity contribution in [1.82, 2.24) is 20.1 Å². The molecule has 35 heavy (non-hydrogen) atoms. The predicted molar refractivity (Wildman–Crippen MR) is 137 cm³/mol. The number of hydrogen-bond donors (Lipinski definition) is 2. The van der Waals surface area contributed by atoms with Crippen molar-refractivity contribution < 1.29 is 13.9 Å². The molecular weight excluding hydrogens is 440 g/mol. The molecule has 1 atom stereocenters. The molecule has 2 aromatic carbocycles. The van der Waals surface area contributed by atoms with Crippen LogP contribution in [0.15, 0.2) is 77.5 Å². The number of piperazine rings is 1. The zero-order valence-electron chi connectivity index (χ0n) is 20.1. The molecule has 1 fully saturated rings. The first-order valence-electron chi connectivity index (χ1n) is 12.1. The van der Waals surface area contributed by atoms with Crippen molar-refractivity contribution in [2.45, 2.75) is 12.5 Å². The highest BCUT2D eigenvalue weighted by atomic mass is 16.5. The van der Waals surface area contributed by atoms with Crippen LogP contribution in [0, 0.1) is 0 Å². The summed E-state index contributed by atoms with van der Waals surface area (Å²) in [6.45, 7) is 5.37. The van der Waals surface area contributed by atoms with Crippen molar-refractivity contribution in [1.29, 1.82) is 0 Å². The minimum absolute atomic E-state index is 0.0335. The number of nitrogens with one attached hydrogen (secondary N) is 2. The molecule has 182 valence electrons. The Morgan fingerprint density at radius 3 is 2.54 bits per heavy atom. The maximum atomic E-state index is 12.9. The fourth-order valence-electron chi connectivity index (χ4n) is 4.83. The summed E-state index contributed by atoms with van der Waals surface area (Å²) in [4.78, 5) is 20.9. The fourth-order valence-corrected chi connectivity index (χ4v) is 4.83. The van der Waals surface area contributed by atoms with Crippen LogP contribution >= 0.6 is 0 Å². The van der Waals surface area contributed by atoms with E-state index in [-0.39, 0.29) is 11.8 Å². The van der Waals surface area contributed by atoms with Gasteiger partial charge in [0.2, 0.25) is 5.91 Å². The van der Waals surface area contributed by atoms with Crippen molar-refractivity contribution in [3.63, 3.8) is 0 Å². The first-order chi connectivity index (χ1) is 17.2. The second kappa shape index (κ2) is 10.8. The second-order valence-corrected chi connectivity index (χ2v) is 9.05. The van der Waals surface area contributed by atoms with Crippen LogP contribution in [0.1, 0.15) is 22.8 Å². The highest BCUT2D eigenvalue weighted by Gasteiger charge is 2.22. The van der Waals surface area contributed by atoms with Gasteiger partial charge in [-0.1, -0.05) is 30.3 Å².